The van der Waals surface area contributed by atoms with Gasteiger partial charge in [0.05, 0.1) is 4.75 Å². The molecule has 0 N–H and O–H groups in total. The van der Waals surface area contributed by atoms with Crippen LogP contribution in [0.2, 0.25) is 0 Å². The lowest BCUT2D eigenvalue weighted by atomic mass is 9.66. The molecule has 0 radical (unpaired) electrons. The van der Waals surface area contributed by atoms with Crippen molar-refractivity contribution in [2.24, 2.45) is 5.41 Å². The third-order valence-electron chi connectivity index (χ3n) is 6.01. The van der Waals surface area contributed by atoms with E-state index in [1.807, 2.05) is 42.1 Å². The average Bonchev–Trinajstić information content (AvgIpc) is 2.85. The Labute approximate surface area is 148 Å². The molecule has 0 amide bonds. The number of fused-ring (bicyclic) bond motifs is 4. The van der Waals surface area contributed by atoms with Crippen LogP contribution < -0.4 is 0 Å². The van der Waals surface area contributed by atoms with E-state index in [9.17, 15) is 4.79 Å². The monoisotopic (exact) mass is 334 g/mol. The van der Waals surface area contributed by atoms with E-state index >= 15 is 0 Å². The fourth-order valence-electron chi connectivity index (χ4n) is 4.36. The number of hydrogen-bond donors (Lipinski definition) is 0. The number of benzene rings is 2. The fraction of sp³-hybridized carbons (Fsp3) is 0.318. The Balaban J connectivity index is 1.90. The van der Waals surface area contributed by atoms with Crippen LogP contribution in [0.1, 0.15) is 47.0 Å². The molecule has 2 aliphatic heterocycles. The van der Waals surface area contributed by atoms with Crippen LogP contribution in [0.15, 0.2) is 66.7 Å². The second kappa shape index (κ2) is 5.35. The molecule has 1 saturated heterocycles. The van der Waals surface area contributed by atoms with Gasteiger partial charge in [-0.15, -0.1) is 11.8 Å². The number of carbonyl (C=O) groups excluding carboxylic acids is 1. The Morgan fingerprint density at radius 2 is 1.79 bits per heavy atom. The normalized spacial score (nSPS) is 30.7. The molecule has 3 atom stereocenters. The predicted octanol–water partition coefficient (Wildman–Crippen LogP) is 5.62. The average molecular weight is 334 g/mol. The highest BCUT2D eigenvalue weighted by Gasteiger charge is 2.63. The summed E-state index contributed by atoms with van der Waals surface area (Å²) >= 11 is 1.87. The molecule has 2 aromatic carbocycles. The van der Waals surface area contributed by atoms with Gasteiger partial charge in [-0.2, -0.15) is 0 Å². The van der Waals surface area contributed by atoms with Crippen molar-refractivity contribution in [1.82, 2.24) is 0 Å². The maximum atomic E-state index is 13.6. The van der Waals surface area contributed by atoms with Crippen molar-refractivity contribution in [2.45, 2.75) is 36.7 Å². The maximum Gasteiger partial charge on any atom is 0.180 e. The summed E-state index contributed by atoms with van der Waals surface area (Å²) < 4.78 is -0.445. The van der Waals surface area contributed by atoms with Crippen molar-refractivity contribution in [1.29, 1.82) is 0 Å². The standard InChI is InChI=1S/C22H22OS/c1-15(2)21(3)14-19-18-12-8-7-11-17(18)13-22(21,24-19)20(23)16-9-5-4-6-10-16/h4-12,19H,1,13-14H2,2-3H3/t19-,21?,22+/m1/s1. The fourth-order valence-corrected chi connectivity index (χ4v) is 6.60. The van der Waals surface area contributed by atoms with Crippen LogP contribution in [0.3, 0.4) is 0 Å². The molecular formula is C22H22OS. The lowest BCUT2D eigenvalue weighted by Crippen LogP contribution is -2.49. The number of rotatable bonds is 3. The van der Waals surface area contributed by atoms with Crippen molar-refractivity contribution in [3.05, 3.63) is 83.4 Å². The van der Waals surface area contributed by atoms with Gasteiger partial charge in [0.15, 0.2) is 5.78 Å². The van der Waals surface area contributed by atoms with Crippen LogP contribution in [0, 0.1) is 5.41 Å². The molecule has 0 saturated carbocycles. The molecule has 0 aliphatic carbocycles. The molecule has 1 unspecified atom stereocenters. The Hall–Kier alpha value is -1.80. The highest BCUT2D eigenvalue weighted by atomic mass is 32.2. The SMILES string of the molecule is C=C(C)C1(C)C[C@H]2S[C@]1(C(=O)c1ccccc1)Cc1ccccc12. The number of thioether (sulfide) groups is 1. The lowest BCUT2D eigenvalue weighted by Gasteiger charge is -2.43. The zero-order chi connectivity index (χ0) is 16.9. The molecule has 2 heterocycles. The van der Waals surface area contributed by atoms with Crippen LogP contribution in [0.5, 0.6) is 0 Å². The summed E-state index contributed by atoms with van der Waals surface area (Å²) in [5.74, 6) is 0.260. The van der Waals surface area contributed by atoms with Gasteiger partial charge in [0.2, 0.25) is 0 Å². The van der Waals surface area contributed by atoms with Crippen LogP contribution in [0.4, 0.5) is 0 Å². The smallest absolute Gasteiger partial charge is 0.180 e. The highest BCUT2D eigenvalue weighted by molar-refractivity contribution is 8.02. The van der Waals surface area contributed by atoms with Crippen LogP contribution in [-0.2, 0) is 6.42 Å². The lowest BCUT2D eigenvalue weighted by molar-refractivity contribution is 0.0872. The summed E-state index contributed by atoms with van der Waals surface area (Å²) in [7, 11) is 0. The van der Waals surface area contributed by atoms with E-state index in [2.05, 4.69) is 44.7 Å². The van der Waals surface area contributed by atoms with Gasteiger partial charge in [-0.25, -0.2) is 0 Å². The number of Topliss-reactive ketones (excluding diaryl/α,β-unsaturated/α-hetero) is 1. The topological polar surface area (TPSA) is 17.1 Å². The van der Waals surface area contributed by atoms with Gasteiger partial charge >= 0.3 is 0 Å². The second-order valence-electron chi connectivity index (χ2n) is 7.32. The third kappa shape index (κ3) is 1.99. The van der Waals surface area contributed by atoms with Crippen molar-refractivity contribution in [2.75, 3.05) is 0 Å². The number of carbonyl (C=O) groups is 1. The summed E-state index contributed by atoms with van der Waals surface area (Å²) in [6.07, 6.45) is 1.78. The summed E-state index contributed by atoms with van der Waals surface area (Å²) in [6, 6.07) is 18.4. The molecule has 24 heavy (non-hydrogen) atoms. The molecule has 2 heteroatoms. The zero-order valence-electron chi connectivity index (χ0n) is 14.2. The van der Waals surface area contributed by atoms with Gasteiger partial charge in [0.1, 0.15) is 0 Å². The Kier molecular flexibility index (Phi) is 3.50. The van der Waals surface area contributed by atoms with Crippen LogP contribution >= 0.6 is 11.8 Å². The van der Waals surface area contributed by atoms with E-state index in [1.54, 1.807) is 0 Å². The molecule has 1 nitrogen and oxygen atoms in total. The van der Waals surface area contributed by atoms with E-state index < -0.39 is 4.75 Å². The summed E-state index contributed by atoms with van der Waals surface area (Å²) in [6.45, 7) is 8.62. The Morgan fingerprint density at radius 1 is 1.12 bits per heavy atom. The van der Waals surface area contributed by atoms with Gasteiger partial charge in [-0.05, 0) is 30.9 Å². The minimum atomic E-state index is -0.445. The first-order valence-corrected chi connectivity index (χ1v) is 9.37. The zero-order valence-corrected chi connectivity index (χ0v) is 15.0. The van der Waals surface area contributed by atoms with E-state index in [1.165, 1.54) is 11.1 Å². The van der Waals surface area contributed by atoms with Crippen molar-refractivity contribution >= 4 is 17.5 Å². The van der Waals surface area contributed by atoms with Gasteiger partial charge in [0, 0.05) is 16.2 Å². The molecule has 4 rings (SSSR count). The molecule has 122 valence electrons. The molecule has 0 aromatic heterocycles. The Bertz CT molecular complexity index is 825. The van der Waals surface area contributed by atoms with Crippen molar-refractivity contribution < 1.29 is 4.79 Å². The molecule has 2 aliphatic rings. The van der Waals surface area contributed by atoms with Gasteiger partial charge in [-0.3, -0.25) is 4.79 Å². The molecule has 2 aromatic rings. The number of hydrogen-bond acceptors (Lipinski definition) is 2. The second-order valence-corrected chi connectivity index (χ2v) is 8.82. The number of ketones is 1. The Morgan fingerprint density at radius 3 is 2.50 bits per heavy atom. The van der Waals surface area contributed by atoms with Crippen LogP contribution in [-0.4, -0.2) is 10.5 Å². The molecule has 2 bridgehead atoms. The molecule has 1 fully saturated rings. The van der Waals surface area contributed by atoms with E-state index in [4.69, 9.17) is 0 Å². The van der Waals surface area contributed by atoms with Gasteiger partial charge in [0.25, 0.3) is 0 Å². The predicted molar refractivity (Wildman–Crippen MR) is 102 cm³/mol. The van der Waals surface area contributed by atoms with E-state index in [-0.39, 0.29) is 11.2 Å². The summed E-state index contributed by atoms with van der Waals surface area (Å²) in [5.41, 5.74) is 4.49. The summed E-state index contributed by atoms with van der Waals surface area (Å²) in [4.78, 5) is 13.6. The minimum absolute atomic E-state index is 0.186. The minimum Gasteiger partial charge on any atom is -0.293 e. The van der Waals surface area contributed by atoms with Gasteiger partial charge < -0.3 is 0 Å². The first-order chi connectivity index (χ1) is 11.5. The van der Waals surface area contributed by atoms with Crippen molar-refractivity contribution in [3.63, 3.8) is 0 Å². The maximum absolute atomic E-state index is 13.6. The van der Waals surface area contributed by atoms with E-state index in [0.29, 0.717) is 5.25 Å². The van der Waals surface area contributed by atoms with Crippen molar-refractivity contribution in [3.8, 4) is 0 Å². The molecular weight excluding hydrogens is 312 g/mol. The van der Waals surface area contributed by atoms with Crippen LogP contribution in [0.25, 0.3) is 0 Å². The summed E-state index contributed by atoms with van der Waals surface area (Å²) in [5, 5.41) is 0.379. The first-order valence-electron chi connectivity index (χ1n) is 8.49. The van der Waals surface area contributed by atoms with Gasteiger partial charge in [-0.1, -0.05) is 73.7 Å². The number of allylic oxidation sites excluding steroid dienone is 1. The molecule has 0 spiro atoms. The quantitative estimate of drug-likeness (QED) is 0.535. The van der Waals surface area contributed by atoms with E-state index in [0.717, 1.165) is 24.0 Å². The largest absolute Gasteiger partial charge is 0.293 e. The third-order valence-corrected chi connectivity index (χ3v) is 7.90. The first kappa shape index (κ1) is 15.7. The highest BCUT2D eigenvalue weighted by Crippen LogP contribution is 2.68.